The molecule has 8 heteroatoms. The van der Waals surface area contributed by atoms with Crippen molar-refractivity contribution in [2.45, 2.75) is 38.8 Å². The first-order valence-electron chi connectivity index (χ1n) is 12.7. The van der Waals surface area contributed by atoms with Gasteiger partial charge in [-0.15, -0.1) is 0 Å². The average Bonchev–Trinajstić information content (AvgIpc) is 3.33. The number of nitro groups is 1. The summed E-state index contributed by atoms with van der Waals surface area (Å²) in [7, 11) is 0. The quantitative estimate of drug-likeness (QED) is 0.220. The van der Waals surface area contributed by atoms with Crippen LogP contribution in [0.4, 0.5) is 11.4 Å². The van der Waals surface area contributed by atoms with E-state index in [2.05, 4.69) is 0 Å². The zero-order chi connectivity index (χ0) is 27.9. The molecule has 1 saturated heterocycles. The van der Waals surface area contributed by atoms with Crippen molar-refractivity contribution in [3.05, 3.63) is 110 Å². The third-order valence-corrected chi connectivity index (χ3v) is 8.45. The number of carbonyl (C=O) groups excluding carboxylic acids is 3. The van der Waals surface area contributed by atoms with Gasteiger partial charge in [-0.05, 0) is 29.3 Å². The maximum Gasteiger partial charge on any atom is 0.269 e. The predicted octanol–water partition coefficient (Wildman–Crippen LogP) is 6.30. The van der Waals surface area contributed by atoms with Gasteiger partial charge in [0.1, 0.15) is 5.41 Å². The Kier molecular flexibility index (Phi) is 5.46. The third-order valence-electron chi connectivity index (χ3n) is 8.21. The van der Waals surface area contributed by atoms with Crippen LogP contribution in [0.2, 0.25) is 5.02 Å². The third kappa shape index (κ3) is 3.39. The maximum atomic E-state index is 14.5. The lowest BCUT2D eigenvalue weighted by atomic mass is 9.63. The van der Waals surface area contributed by atoms with E-state index in [1.807, 2.05) is 11.0 Å². The highest BCUT2D eigenvalue weighted by Gasteiger charge is 2.72. The lowest BCUT2D eigenvalue weighted by Gasteiger charge is -2.38. The standard InChI is InChI=1S/C31H25ClN2O5/c1-30(2,3)29(37)26-25(18-7-6-8-20(16-18)34(38)39)31(27(35)21-9-4-5-10-22(21)28(31)36)24-14-11-17-15-19(32)12-13-23(17)33(24)26/h4-16,24-26H,1-3H3/t24?,25-,26+/m1/s1. The van der Waals surface area contributed by atoms with Crippen LogP contribution in [0.3, 0.4) is 0 Å². The molecule has 3 aromatic carbocycles. The second-order valence-corrected chi connectivity index (χ2v) is 11.8. The van der Waals surface area contributed by atoms with Crippen molar-refractivity contribution >= 4 is 46.4 Å². The van der Waals surface area contributed by atoms with Crippen molar-refractivity contribution in [3.8, 4) is 0 Å². The largest absolute Gasteiger partial charge is 0.352 e. The number of ketones is 3. The van der Waals surface area contributed by atoms with Gasteiger partial charge in [-0.3, -0.25) is 24.5 Å². The summed E-state index contributed by atoms with van der Waals surface area (Å²) in [5.74, 6) is -1.90. The Morgan fingerprint density at radius 2 is 1.64 bits per heavy atom. The molecule has 1 spiro atoms. The minimum absolute atomic E-state index is 0.173. The van der Waals surface area contributed by atoms with Crippen LogP contribution in [-0.2, 0) is 4.79 Å². The van der Waals surface area contributed by atoms with E-state index in [9.17, 15) is 24.5 Å². The number of anilines is 1. The van der Waals surface area contributed by atoms with Crippen LogP contribution in [0.25, 0.3) is 6.08 Å². The monoisotopic (exact) mass is 540 g/mol. The Bertz CT molecular complexity index is 1600. The van der Waals surface area contributed by atoms with Crippen molar-refractivity contribution < 1.29 is 19.3 Å². The molecular formula is C31H25ClN2O5. The van der Waals surface area contributed by atoms with Crippen LogP contribution in [0.15, 0.2) is 72.8 Å². The molecule has 1 fully saturated rings. The zero-order valence-corrected chi connectivity index (χ0v) is 22.3. The Labute approximate surface area is 230 Å². The normalized spacial score (nSPS) is 22.6. The summed E-state index contributed by atoms with van der Waals surface area (Å²) in [6, 6.07) is 16.2. The van der Waals surface area contributed by atoms with Crippen molar-refractivity contribution in [2.75, 3.05) is 4.90 Å². The molecule has 0 radical (unpaired) electrons. The van der Waals surface area contributed by atoms with E-state index < -0.39 is 33.8 Å². The van der Waals surface area contributed by atoms with Gasteiger partial charge in [0.2, 0.25) is 0 Å². The molecule has 2 aliphatic heterocycles. The van der Waals surface area contributed by atoms with E-state index >= 15 is 0 Å². The molecule has 0 amide bonds. The first kappa shape index (κ1) is 25.2. The van der Waals surface area contributed by atoms with E-state index in [0.717, 1.165) is 5.56 Å². The Morgan fingerprint density at radius 3 is 2.26 bits per heavy atom. The molecule has 7 nitrogen and oxygen atoms in total. The fourth-order valence-electron chi connectivity index (χ4n) is 6.60. The number of benzene rings is 3. The average molecular weight is 541 g/mol. The van der Waals surface area contributed by atoms with E-state index in [-0.39, 0.29) is 23.0 Å². The van der Waals surface area contributed by atoms with Gasteiger partial charge >= 0.3 is 0 Å². The van der Waals surface area contributed by atoms with Crippen LogP contribution >= 0.6 is 11.6 Å². The van der Waals surface area contributed by atoms with Crippen LogP contribution in [-0.4, -0.2) is 34.4 Å². The van der Waals surface area contributed by atoms with Gasteiger partial charge < -0.3 is 4.90 Å². The molecule has 196 valence electrons. The highest BCUT2D eigenvalue weighted by Crippen LogP contribution is 2.61. The highest BCUT2D eigenvalue weighted by atomic mass is 35.5. The van der Waals surface area contributed by atoms with E-state index in [1.54, 1.807) is 75.4 Å². The second kappa shape index (κ2) is 8.45. The molecule has 2 heterocycles. The number of nitro benzene ring substituents is 1. The minimum Gasteiger partial charge on any atom is -0.352 e. The number of nitrogens with zero attached hydrogens (tertiary/aromatic N) is 2. The summed E-state index contributed by atoms with van der Waals surface area (Å²) in [6.07, 6.45) is 3.64. The number of carbonyl (C=O) groups is 3. The molecule has 39 heavy (non-hydrogen) atoms. The van der Waals surface area contributed by atoms with Crippen LogP contribution in [0.5, 0.6) is 0 Å². The Hall–Kier alpha value is -4.10. The number of Topliss-reactive ketones (excluding diaryl/α,β-unsaturated/α-hetero) is 3. The van der Waals surface area contributed by atoms with Crippen molar-refractivity contribution in [3.63, 3.8) is 0 Å². The summed E-state index contributed by atoms with van der Waals surface area (Å²) in [5.41, 5.74) is -0.265. The van der Waals surface area contributed by atoms with E-state index in [1.165, 1.54) is 18.2 Å². The first-order chi connectivity index (χ1) is 18.5. The van der Waals surface area contributed by atoms with Gasteiger partial charge in [-0.25, -0.2) is 0 Å². The van der Waals surface area contributed by atoms with Gasteiger partial charge in [-0.1, -0.05) is 80.9 Å². The number of hydrogen-bond donors (Lipinski definition) is 0. The lowest BCUT2D eigenvalue weighted by Crippen LogP contribution is -2.49. The maximum absolute atomic E-state index is 14.5. The molecule has 0 N–H and O–H groups in total. The van der Waals surface area contributed by atoms with Crippen molar-refractivity contribution in [2.24, 2.45) is 10.8 Å². The smallest absolute Gasteiger partial charge is 0.269 e. The number of hydrogen-bond acceptors (Lipinski definition) is 6. The van der Waals surface area contributed by atoms with E-state index in [0.29, 0.717) is 27.4 Å². The summed E-state index contributed by atoms with van der Waals surface area (Å²) in [5, 5.41) is 12.3. The van der Waals surface area contributed by atoms with Gasteiger partial charge in [0.05, 0.1) is 17.0 Å². The van der Waals surface area contributed by atoms with Crippen molar-refractivity contribution in [1.82, 2.24) is 0 Å². The molecule has 1 aliphatic carbocycles. The molecule has 0 aromatic heterocycles. The van der Waals surface area contributed by atoms with Gasteiger partial charge in [0.25, 0.3) is 5.69 Å². The fraction of sp³-hybridized carbons (Fsp3) is 0.258. The predicted molar refractivity (Wildman–Crippen MR) is 148 cm³/mol. The number of rotatable bonds is 3. The first-order valence-corrected chi connectivity index (χ1v) is 13.1. The summed E-state index contributed by atoms with van der Waals surface area (Å²) >= 11 is 6.30. The Morgan fingerprint density at radius 1 is 0.974 bits per heavy atom. The molecule has 3 atom stereocenters. The van der Waals surface area contributed by atoms with Crippen LogP contribution in [0, 0.1) is 20.9 Å². The molecule has 0 saturated carbocycles. The van der Waals surface area contributed by atoms with Gasteiger partial charge in [-0.2, -0.15) is 0 Å². The Balaban J connectivity index is 1.71. The zero-order valence-electron chi connectivity index (χ0n) is 21.6. The summed E-state index contributed by atoms with van der Waals surface area (Å²) in [6.45, 7) is 5.40. The summed E-state index contributed by atoms with van der Waals surface area (Å²) < 4.78 is 0. The number of halogens is 1. The van der Waals surface area contributed by atoms with E-state index in [4.69, 9.17) is 11.6 Å². The SMILES string of the molecule is CC(C)(C)C(=O)[C@@H]1[C@@H](c2cccc([N+](=O)[O-])c2)C2(C(=O)c3ccccc3C2=O)C2C=Cc3cc(Cl)ccc3N21. The minimum atomic E-state index is -1.70. The number of fused-ring (bicyclic) bond motifs is 5. The molecule has 3 aliphatic rings. The van der Waals surface area contributed by atoms with Crippen molar-refractivity contribution in [1.29, 1.82) is 0 Å². The molecule has 1 unspecified atom stereocenters. The van der Waals surface area contributed by atoms with Crippen LogP contribution in [0.1, 0.15) is 58.5 Å². The molecule has 3 aromatic rings. The topological polar surface area (TPSA) is 97.6 Å². The lowest BCUT2D eigenvalue weighted by molar-refractivity contribution is -0.384. The van der Waals surface area contributed by atoms with Crippen LogP contribution < -0.4 is 4.90 Å². The molecular weight excluding hydrogens is 516 g/mol. The number of non-ortho nitro benzene ring substituents is 1. The molecule has 6 rings (SSSR count). The summed E-state index contributed by atoms with van der Waals surface area (Å²) in [4.78, 5) is 56.6. The van der Waals surface area contributed by atoms with Gasteiger partial charge in [0.15, 0.2) is 17.3 Å². The highest BCUT2D eigenvalue weighted by molar-refractivity contribution is 6.32. The molecule has 0 bridgehead atoms. The second-order valence-electron chi connectivity index (χ2n) is 11.4. The van der Waals surface area contributed by atoms with Gasteiger partial charge in [0, 0.05) is 45.3 Å². The fourth-order valence-corrected chi connectivity index (χ4v) is 6.78.